The van der Waals surface area contributed by atoms with Crippen molar-refractivity contribution < 1.29 is 0 Å². The van der Waals surface area contributed by atoms with Gasteiger partial charge < -0.3 is 0 Å². The van der Waals surface area contributed by atoms with E-state index in [4.69, 9.17) is 0 Å². The molecule has 0 bridgehead atoms. The molecule has 0 heteroatoms. The Morgan fingerprint density at radius 2 is 0.800 bits per heavy atom. The minimum Gasteiger partial charge on any atom is -0.120 e. The van der Waals surface area contributed by atoms with Crippen LogP contribution in [0, 0.1) is 21.7 Å². The van der Waals surface area contributed by atoms with Crippen LogP contribution in [0.25, 0.3) is 0 Å². The van der Waals surface area contributed by atoms with Gasteiger partial charge in [0.2, 0.25) is 0 Å². The van der Waals surface area contributed by atoms with E-state index in [1.165, 1.54) is 51.4 Å². The average Bonchev–Trinajstić information content (AvgIpc) is 3.07. The Kier molecular flexibility index (Phi) is 0.663. The summed E-state index contributed by atoms with van der Waals surface area (Å²) in [6.07, 6.45) is 12.1. The summed E-state index contributed by atoms with van der Waals surface area (Å²) >= 11 is 0. The fourth-order valence-corrected chi connectivity index (χ4v) is 5.29. The molecule has 4 spiro atoms. The smallest absolute Gasteiger partial charge is 0.00942 e. The summed E-state index contributed by atoms with van der Waals surface area (Å²) in [5.41, 5.74) is 10.7. The average molecular weight is 196 g/mol. The summed E-state index contributed by atoms with van der Waals surface area (Å²) in [5.74, 6) is 0. The first-order valence-corrected chi connectivity index (χ1v) is 6.83. The second kappa shape index (κ2) is 1.43. The zero-order valence-electron chi connectivity index (χ0n) is 9.16. The number of rotatable bonds is 0. The van der Waals surface area contributed by atoms with E-state index in [0.29, 0.717) is 0 Å². The lowest BCUT2D eigenvalue weighted by Crippen LogP contribution is -1.70. The molecule has 6 rings (SSSR count). The van der Waals surface area contributed by atoms with E-state index in [1.54, 1.807) is 0 Å². The van der Waals surface area contributed by atoms with Crippen LogP contribution in [-0.2, 0) is 0 Å². The largest absolute Gasteiger partial charge is 0.120 e. The van der Waals surface area contributed by atoms with Gasteiger partial charge in [-0.3, -0.25) is 0 Å². The Balaban J connectivity index is 1.59. The van der Waals surface area contributed by atoms with Gasteiger partial charge in [-0.25, -0.2) is 0 Å². The van der Waals surface area contributed by atoms with Crippen LogP contribution in [0.1, 0.15) is 51.4 Å². The summed E-state index contributed by atoms with van der Waals surface area (Å²) in [5, 5.41) is 0. The molecule has 0 aromatic heterocycles. The van der Waals surface area contributed by atoms with Gasteiger partial charge >= 0.3 is 0 Å². The minimum absolute atomic E-state index is 0.773. The van der Waals surface area contributed by atoms with Gasteiger partial charge in [0.05, 0.1) is 0 Å². The summed E-state index contributed by atoms with van der Waals surface area (Å²) < 4.78 is 0. The van der Waals surface area contributed by atoms with Crippen LogP contribution in [0.5, 0.6) is 0 Å². The van der Waals surface area contributed by atoms with Gasteiger partial charge in [-0.2, -0.15) is 0 Å². The fourth-order valence-electron chi connectivity index (χ4n) is 5.29. The van der Waals surface area contributed by atoms with Crippen molar-refractivity contribution in [3.63, 3.8) is 0 Å². The predicted molar refractivity (Wildman–Crippen MR) is 57.2 cm³/mol. The number of hydrogen-bond donors (Lipinski definition) is 0. The predicted octanol–water partition coefficient (Wildman–Crippen LogP) is 3.59. The number of hydrogen-bond acceptors (Lipinski definition) is 0. The van der Waals surface area contributed by atoms with Crippen molar-refractivity contribution in [2.45, 2.75) is 51.4 Å². The zero-order chi connectivity index (χ0) is 9.52. The van der Waals surface area contributed by atoms with Gasteiger partial charge in [0, 0.05) is 21.7 Å². The molecule has 6 aliphatic rings. The summed E-state index contributed by atoms with van der Waals surface area (Å²) in [7, 11) is 0. The van der Waals surface area contributed by atoms with E-state index in [0.717, 1.165) is 21.7 Å². The molecule has 0 N–H and O–H groups in total. The topological polar surface area (TPSA) is 0 Å². The van der Waals surface area contributed by atoms with Crippen molar-refractivity contribution in [1.82, 2.24) is 0 Å². The summed E-state index contributed by atoms with van der Waals surface area (Å²) in [4.78, 5) is 0. The van der Waals surface area contributed by atoms with Gasteiger partial charge in [-0.05, 0) is 62.5 Å². The van der Waals surface area contributed by atoms with E-state index >= 15 is 0 Å². The van der Waals surface area contributed by atoms with Crippen molar-refractivity contribution in [3.8, 4) is 0 Å². The lowest BCUT2D eigenvalue weighted by molar-refractivity contribution is 0.716. The van der Waals surface area contributed by atoms with Crippen molar-refractivity contribution >= 4 is 0 Å². The van der Waals surface area contributed by atoms with Crippen molar-refractivity contribution in [1.29, 1.82) is 0 Å². The normalized spacial score (nSPS) is 43.5. The third-order valence-corrected chi connectivity index (χ3v) is 6.87. The van der Waals surface area contributed by atoms with E-state index in [-0.39, 0.29) is 0 Å². The van der Waals surface area contributed by atoms with Gasteiger partial charge in [-0.1, -0.05) is 0 Å². The number of allylic oxidation sites excluding steroid dienone is 1. The monoisotopic (exact) mass is 196 g/mol. The molecule has 0 aromatic rings. The van der Waals surface area contributed by atoms with Crippen LogP contribution in [0.2, 0.25) is 0 Å². The van der Waals surface area contributed by atoms with Crippen molar-refractivity contribution in [2.75, 3.05) is 0 Å². The molecule has 0 nitrogen and oxygen atoms in total. The molecule has 0 unspecified atom stereocenters. The number of fused-ring (bicyclic) bond motifs is 2. The maximum Gasteiger partial charge on any atom is 0.00942 e. The molecule has 0 heterocycles. The van der Waals surface area contributed by atoms with Gasteiger partial charge in [-0.15, -0.1) is 5.73 Å². The van der Waals surface area contributed by atoms with Crippen LogP contribution in [0.3, 0.4) is 0 Å². The van der Waals surface area contributed by atoms with Crippen LogP contribution < -0.4 is 0 Å². The maximum atomic E-state index is 3.97. The third-order valence-electron chi connectivity index (χ3n) is 6.87. The molecule has 6 saturated carbocycles. The highest BCUT2D eigenvalue weighted by Gasteiger charge is 2.86. The lowest BCUT2D eigenvalue weighted by atomic mass is 10.3. The van der Waals surface area contributed by atoms with Crippen LogP contribution >= 0.6 is 0 Å². The highest BCUT2D eigenvalue weighted by Crippen LogP contribution is 2.95. The fraction of sp³-hybridized carbons (Fsp3) is 0.800. The first-order chi connectivity index (χ1) is 7.30. The minimum atomic E-state index is 0.773. The second-order valence-electron chi connectivity index (χ2n) is 7.20. The van der Waals surface area contributed by atoms with E-state index < -0.39 is 0 Å². The van der Waals surface area contributed by atoms with E-state index in [2.05, 4.69) is 5.73 Å². The van der Waals surface area contributed by atoms with Gasteiger partial charge in [0.1, 0.15) is 0 Å². The summed E-state index contributed by atoms with van der Waals surface area (Å²) in [6.45, 7) is 0. The first kappa shape index (κ1) is 6.97. The Hall–Kier alpha value is -0.480. The van der Waals surface area contributed by atoms with Gasteiger partial charge in [0.15, 0.2) is 0 Å². The zero-order valence-corrected chi connectivity index (χ0v) is 9.16. The molecule has 0 atom stereocenters. The van der Waals surface area contributed by atoms with Crippen LogP contribution in [-0.4, -0.2) is 0 Å². The molecule has 76 valence electrons. The standard InChI is InChI=1S/C15H16/c1-2-12(1)10(13(12)3-4-13)9-11-14(5-6-14)15(11)7-8-15/h1-8H2. The van der Waals surface area contributed by atoms with Crippen LogP contribution in [0.4, 0.5) is 0 Å². The summed E-state index contributed by atoms with van der Waals surface area (Å²) in [6, 6.07) is 0. The molecule has 6 aliphatic carbocycles. The highest BCUT2D eigenvalue weighted by molar-refractivity contribution is 5.62. The van der Waals surface area contributed by atoms with Crippen LogP contribution in [0.15, 0.2) is 16.9 Å². The SMILES string of the molecule is C(=C1C2(CC2)C12CC2)=C1C2(CC2)C12CC2. The van der Waals surface area contributed by atoms with Gasteiger partial charge in [0.25, 0.3) is 0 Å². The molecule has 6 fully saturated rings. The Morgan fingerprint density at radius 3 is 1.00 bits per heavy atom. The maximum absolute atomic E-state index is 3.97. The Labute approximate surface area is 90.4 Å². The molecule has 0 saturated heterocycles. The molecule has 0 amide bonds. The van der Waals surface area contributed by atoms with Crippen molar-refractivity contribution in [3.05, 3.63) is 16.9 Å². The molecular weight excluding hydrogens is 180 g/mol. The molecule has 0 aliphatic heterocycles. The highest BCUT2D eigenvalue weighted by atomic mass is 14.9. The van der Waals surface area contributed by atoms with E-state index in [9.17, 15) is 0 Å². The first-order valence-electron chi connectivity index (χ1n) is 6.83. The Bertz CT molecular complexity index is 412. The second-order valence-corrected chi connectivity index (χ2v) is 7.20. The van der Waals surface area contributed by atoms with Crippen molar-refractivity contribution in [2.24, 2.45) is 21.7 Å². The molecular formula is C15H16. The molecule has 15 heavy (non-hydrogen) atoms. The lowest BCUT2D eigenvalue weighted by Gasteiger charge is -1.73. The van der Waals surface area contributed by atoms with E-state index in [1.807, 2.05) is 11.1 Å². The molecule has 0 aromatic carbocycles. The third kappa shape index (κ3) is 0.474. The quantitative estimate of drug-likeness (QED) is 0.519. The molecule has 0 radical (unpaired) electrons. The Morgan fingerprint density at radius 1 is 0.533 bits per heavy atom.